The van der Waals surface area contributed by atoms with Gasteiger partial charge in [0.15, 0.2) is 0 Å². The largest absolute Gasteiger partial charge is 0.492 e. The van der Waals surface area contributed by atoms with Crippen molar-refractivity contribution < 1.29 is 9.53 Å². The molecule has 120 valence electrons. The summed E-state index contributed by atoms with van der Waals surface area (Å²) < 4.78 is 5.40. The zero-order chi connectivity index (χ0) is 16.7. The molecule has 1 amide bonds. The molecule has 0 aliphatic heterocycles. The minimum Gasteiger partial charge on any atom is -0.492 e. The Morgan fingerprint density at radius 2 is 1.96 bits per heavy atom. The molecule has 0 aromatic heterocycles. The summed E-state index contributed by atoms with van der Waals surface area (Å²) in [4.78, 5) is 13.8. The van der Waals surface area contributed by atoms with Crippen LogP contribution in [0.2, 0.25) is 0 Å². The molecule has 2 aromatic carbocycles. The van der Waals surface area contributed by atoms with Crippen LogP contribution in [0.1, 0.15) is 18.1 Å². The molecular weight excluding hydrogens is 288 g/mol. The number of nitrogens with zero attached hydrogens (tertiary/aromatic N) is 1. The third kappa shape index (κ3) is 4.88. The Morgan fingerprint density at radius 3 is 2.61 bits per heavy atom. The van der Waals surface area contributed by atoms with Crippen molar-refractivity contribution in [3.63, 3.8) is 0 Å². The van der Waals surface area contributed by atoms with E-state index in [-0.39, 0.29) is 5.91 Å². The lowest BCUT2D eigenvalue weighted by atomic mass is 10.1. The average molecular weight is 310 g/mol. The summed E-state index contributed by atoms with van der Waals surface area (Å²) in [6.07, 6.45) is 3.31. The normalized spacial score (nSPS) is 10.7. The molecule has 0 spiro atoms. The minimum absolute atomic E-state index is 0.0543. The molecule has 0 aliphatic rings. The highest BCUT2D eigenvalue weighted by Crippen LogP contribution is 2.23. The van der Waals surface area contributed by atoms with Gasteiger partial charge in [-0.05, 0) is 36.3 Å². The highest BCUT2D eigenvalue weighted by atomic mass is 16.5. The molecule has 0 atom stereocenters. The van der Waals surface area contributed by atoms with Crippen molar-refractivity contribution in [3.05, 3.63) is 65.7 Å². The van der Waals surface area contributed by atoms with Gasteiger partial charge < -0.3 is 15.4 Å². The lowest BCUT2D eigenvalue weighted by molar-refractivity contribution is -0.125. The summed E-state index contributed by atoms with van der Waals surface area (Å²) in [5, 5.41) is 0. The van der Waals surface area contributed by atoms with Crippen LogP contribution in [0.25, 0.3) is 6.08 Å². The van der Waals surface area contributed by atoms with Crippen molar-refractivity contribution in [1.29, 1.82) is 0 Å². The molecule has 0 radical (unpaired) electrons. The first kappa shape index (κ1) is 16.6. The molecule has 2 aromatic rings. The Bertz CT molecular complexity index is 681. The number of nitrogen functional groups attached to an aromatic ring is 1. The van der Waals surface area contributed by atoms with Gasteiger partial charge >= 0.3 is 0 Å². The van der Waals surface area contributed by atoms with Gasteiger partial charge in [-0.3, -0.25) is 4.79 Å². The van der Waals surface area contributed by atoms with Gasteiger partial charge in [-0.15, -0.1) is 0 Å². The third-order valence-electron chi connectivity index (χ3n) is 3.39. The second kappa shape index (κ2) is 8.03. The number of anilines is 1. The van der Waals surface area contributed by atoms with E-state index in [2.05, 4.69) is 0 Å². The van der Waals surface area contributed by atoms with Crippen LogP contribution in [0, 0.1) is 0 Å². The van der Waals surface area contributed by atoms with E-state index in [4.69, 9.17) is 10.5 Å². The van der Waals surface area contributed by atoms with E-state index in [9.17, 15) is 4.79 Å². The van der Waals surface area contributed by atoms with Crippen LogP contribution < -0.4 is 10.5 Å². The minimum atomic E-state index is -0.0543. The number of likely N-dealkylation sites (N-methyl/N-ethyl adjacent to an activating group) is 1. The van der Waals surface area contributed by atoms with Gasteiger partial charge in [0.2, 0.25) is 5.91 Å². The van der Waals surface area contributed by atoms with E-state index < -0.39 is 0 Å². The van der Waals surface area contributed by atoms with E-state index in [0.717, 1.165) is 11.1 Å². The SMILES string of the molecule is CCOc1ccc(/C=C\C(=O)N(C)Cc2ccccc2)cc1N. The fourth-order valence-corrected chi connectivity index (χ4v) is 2.19. The van der Waals surface area contributed by atoms with Crippen molar-refractivity contribution in [1.82, 2.24) is 4.90 Å². The summed E-state index contributed by atoms with van der Waals surface area (Å²) >= 11 is 0. The quantitative estimate of drug-likeness (QED) is 0.657. The Morgan fingerprint density at radius 1 is 1.22 bits per heavy atom. The van der Waals surface area contributed by atoms with Crippen molar-refractivity contribution in [2.75, 3.05) is 19.4 Å². The van der Waals surface area contributed by atoms with Crippen LogP contribution in [0.3, 0.4) is 0 Å². The number of hydrogen-bond donors (Lipinski definition) is 1. The van der Waals surface area contributed by atoms with Crippen LogP contribution in [0.5, 0.6) is 5.75 Å². The number of hydrogen-bond acceptors (Lipinski definition) is 3. The lowest BCUT2D eigenvalue weighted by Crippen LogP contribution is -2.24. The summed E-state index contributed by atoms with van der Waals surface area (Å²) in [6, 6.07) is 15.4. The molecule has 0 saturated heterocycles. The number of carbonyl (C=O) groups excluding carboxylic acids is 1. The van der Waals surface area contributed by atoms with Gasteiger partial charge in [0.25, 0.3) is 0 Å². The number of ether oxygens (including phenoxy) is 1. The number of carbonyl (C=O) groups is 1. The maximum atomic E-state index is 12.2. The van der Waals surface area contributed by atoms with E-state index in [1.807, 2.05) is 49.4 Å². The van der Waals surface area contributed by atoms with Gasteiger partial charge in [0.1, 0.15) is 5.75 Å². The number of benzene rings is 2. The van der Waals surface area contributed by atoms with Crippen molar-refractivity contribution in [2.24, 2.45) is 0 Å². The molecule has 0 saturated carbocycles. The molecule has 0 fully saturated rings. The van der Waals surface area contributed by atoms with E-state index >= 15 is 0 Å². The molecule has 2 rings (SSSR count). The summed E-state index contributed by atoms with van der Waals surface area (Å²) in [5.41, 5.74) is 8.46. The molecule has 0 aliphatic carbocycles. The van der Waals surface area contributed by atoms with Gasteiger partial charge in [-0.2, -0.15) is 0 Å². The van der Waals surface area contributed by atoms with E-state index in [1.165, 1.54) is 0 Å². The van der Waals surface area contributed by atoms with Crippen molar-refractivity contribution in [3.8, 4) is 5.75 Å². The maximum Gasteiger partial charge on any atom is 0.246 e. The third-order valence-corrected chi connectivity index (χ3v) is 3.39. The Kier molecular flexibility index (Phi) is 5.80. The Balaban J connectivity index is 1.99. The van der Waals surface area contributed by atoms with Crippen LogP contribution in [-0.4, -0.2) is 24.5 Å². The summed E-state index contributed by atoms with van der Waals surface area (Å²) in [6.45, 7) is 3.06. The zero-order valence-electron chi connectivity index (χ0n) is 13.5. The number of amides is 1. The predicted octanol–water partition coefficient (Wildman–Crippen LogP) is 3.34. The molecule has 0 unspecified atom stereocenters. The standard InChI is InChI=1S/C19H22N2O2/c1-3-23-18-11-9-15(13-17(18)20)10-12-19(22)21(2)14-16-7-5-4-6-8-16/h4-13H,3,14,20H2,1-2H3/b12-10-. The fraction of sp³-hybridized carbons (Fsp3) is 0.211. The molecule has 4 nitrogen and oxygen atoms in total. The molecule has 23 heavy (non-hydrogen) atoms. The second-order valence-corrected chi connectivity index (χ2v) is 5.24. The zero-order valence-corrected chi connectivity index (χ0v) is 13.5. The van der Waals surface area contributed by atoms with E-state index in [0.29, 0.717) is 24.6 Å². The van der Waals surface area contributed by atoms with Crippen LogP contribution in [0.4, 0.5) is 5.69 Å². The van der Waals surface area contributed by atoms with Crippen molar-refractivity contribution in [2.45, 2.75) is 13.5 Å². The fourth-order valence-electron chi connectivity index (χ4n) is 2.19. The number of rotatable bonds is 6. The van der Waals surface area contributed by atoms with Crippen LogP contribution in [-0.2, 0) is 11.3 Å². The molecule has 0 bridgehead atoms. The monoisotopic (exact) mass is 310 g/mol. The Labute approximate surface area is 137 Å². The summed E-state index contributed by atoms with van der Waals surface area (Å²) in [5.74, 6) is 0.610. The lowest BCUT2D eigenvalue weighted by Gasteiger charge is -2.15. The molecule has 2 N–H and O–H groups in total. The average Bonchev–Trinajstić information content (AvgIpc) is 2.56. The smallest absolute Gasteiger partial charge is 0.246 e. The van der Waals surface area contributed by atoms with Gasteiger partial charge in [-0.25, -0.2) is 0 Å². The predicted molar refractivity (Wildman–Crippen MR) is 94.0 cm³/mol. The molecule has 0 heterocycles. The van der Waals surface area contributed by atoms with Gasteiger partial charge in [0.05, 0.1) is 12.3 Å². The summed E-state index contributed by atoms with van der Waals surface area (Å²) in [7, 11) is 1.78. The second-order valence-electron chi connectivity index (χ2n) is 5.24. The van der Waals surface area contributed by atoms with Crippen LogP contribution in [0.15, 0.2) is 54.6 Å². The molecule has 4 heteroatoms. The maximum absolute atomic E-state index is 12.2. The van der Waals surface area contributed by atoms with Gasteiger partial charge in [0, 0.05) is 19.7 Å². The highest BCUT2D eigenvalue weighted by Gasteiger charge is 2.06. The van der Waals surface area contributed by atoms with Gasteiger partial charge in [-0.1, -0.05) is 36.4 Å². The first-order valence-corrected chi connectivity index (χ1v) is 7.59. The topological polar surface area (TPSA) is 55.6 Å². The molecular formula is C19H22N2O2. The first-order valence-electron chi connectivity index (χ1n) is 7.59. The van der Waals surface area contributed by atoms with Crippen LogP contribution >= 0.6 is 0 Å². The highest BCUT2D eigenvalue weighted by molar-refractivity contribution is 5.91. The van der Waals surface area contributed by atoms with E-state index in [1.54, 1.807) is 30.2 Å². The van der Waals surface area contributed by atoms with Crippen molar-refractivity contribution >= 4 is 17.7 Å². The number of nitrogens with two attached hydrogens (primary N) is 1. The first-order chi connectivity index (χ1) is 11.1. The Hall–Kier alpha value is -2.75.